The number of hydrogen-bond donors (Lipinski definition) is 0. The Hall–Kier alpha value is -1.20. The first-order valence-electron chi connectivity index (χ1n) is 2.83. The van der Waals surface area contributed by atoms with Crippen molar-refractivity contribution >= 4 is 6.03 Å². The fourth-order valence-electron chi connectivity index (χ4n) is 0.546. The van der Waals surface area contributed by atoms with Gasteiger partial charge in [0.05, 0.1) is 13.2 Å². The summed E-state index contributed by atoms with van der Waals surface area (Å²) in [5.41, 5.74) is 3.09. The number of rotatable bonds is 3. The summed E-state index contributed by atoms with van der Waals surface area (Å²) >= 11 is 0. The fourth-order valence-corrected chi connectivity index (χ4v) is 0.546. The molecule has 6 heteroatoms. The molecule has 0 atom stereocenters. The van der Waals surface area contributed by atoms with Crippen LogP contribution >= 0.6 is 0 Å². The Morgan fingerprint density at radius 2 is 2.40 bits per heavy atom. The molecule has 1 rings (SSSR count). The van der Waals surface area contributed by atoms with Gasteiger partial charge in [0.15, 0.2) is 0 Å². The first kappa shape index (κ1) is 6.91. The first-order valence-corrected chi connectivity index (χ1v) is 2.83. The Morgan fingerprint density at radius 3 is 2.90 bits per heavy atom. The third-order valence-corrected chi connectivity index (χ3v) is 1.00. The zero-order valence-corrected chi connectivity index (χ0v) is 5.20. The van der Waals surface area contributed by atoms with E-state index >= 15 is 0 Å². The second-order valence-electron chi connectivity index (χ2n) is 1.73. The van der Waals surface area contributed by atoms with E-state index in [1.165, 1.54) is 0 Å². The number of urea groups is 1. The summed E-state index contributed by atoms with van der Waals surface area (Å²) in [5, 5.41) is 7.46. The van der Waals surface area contributed by atoms with E-state index < -0.39 is 12.7 Å². The van der Waals surface area contributed by atoms with E-state index in [0.29, 0.717) is 0 Å². The quantitative estimate of drug-likeness (QED) is 0.575. The van der Waals surface area contributed by atoms with Gasteiger partial charge in [-0.15, -0.1) is 0 Å². The highest BCUT2D eigenvalue weighted by atomic mass is 19.1. The van der Waals surface area contributed by atoms with Crippen molar-refractivity contribution in [2.45, 2.75) is 6.42 Å². The van der Waals surface area contributed by atoms with Crippen molar-refractivity contribution < 1.29 is 9.18 Å². The van der Waals surface area contributed by atoms with Crippen LogP contribution in [0, 0.1) is 0 Å². The molecule has 55 valence electrons. The largest absolute Gasteiger partial charge is 0.385 e. The van der Waals surface area contributed by atoms with Crippen LogP contribution in [0.25, 0.3) is 0 Å². The number of halogens is 1. The minimum absolute atomic E-state index is 0.252. The Balaban J connectivity index is 2.27. The van der Waals surface area contributed by atoms with E-state index in [1.807, 2.05) is 0 Å². The summed E-state index contributed by atoms with van der Waals surface area (Å²) in [4.78, 5) is 10.5. The molecule has 5 nitrogen and oxygen atoms in total. The monoisotopic (exact) mass is 145 g/mol. The van der Waals surface area contributed by atoms with Crippen molar-refractivity contribution in [2.24, 2.45) is 10.4 Å². The normalized spacial score (nSPS) is 16.1. The lowest BCUT2D eigenvalue weighted by Crippen LogP contribution is -2.25. The Labute approximate surface area is 56.9 Å². The molecule has 1 heterocycles. The van der Waals surface area contributed by atoms with Crippen LogP contribution in [0.3, 0.4) is 0 Å². The molecular weight excluding hydrogens is 139 g/mol. The van der Waals surface area contributed by atoms with E-state index in [-0.39, 0.29) is 13.0 Å². The van der Waals surface area contributed by atoms with E-state index in [0.717, 1.165) is 5.01 Å². The van der Waals surface area contributed by atoms with Crippen LogP contribution in [0.15, 0.2) is 10.4 Å². The van der Waals surface area contributed by atoms with Gasteiger partial charge in [0.25, 0.3) is 0 Å². The van der Waals surface area contributed by atoms with Gasteiger partial charge in [-0.25, -0.2) is 4.79 Å². The number of amides is 2. The maximum atomic E-state index is 11.5. The first-order chi connectivity index (χ1) is 4.84. The molecule has 0 saturated carbocycles. The number of carbonyl (C=O) groups is 1. The Bertz CT molecular complexity index is 159. The maximum absolute atomic E-state index is 11.5. The predicted octanol–water partition coefficient (Wildman–Crippen LogP) is 0.668. The predicted molar refractivity (Wildman–Crippen MR) is 29.7 cm³/mol. The molecule has 0 aromatic heterocycles. The topological polar surface area (TPSA) is 59.1 Å². The van der Waals surface area contributed by atoms with Crippen molar-refractivity contribution in [2.75, 3.05) is 13.2 Å². The van der Waals surface area contributed by atoms with Crippen LogP contribution < -0.4 is 5.43 Å². The summed E-state index contributed by atoms with van der Waals surface area (Å²) in [5.74, 6) is 0. The van der Waals surface area contributed by atoms with Gasteiger partial charge in [-0.2, -0.15) is 5.01 Å². The van der Waals surface area contributed by atoms with Crippen molar-refractivity contribution in [1.82, 2.24) is 10.4 Å². The van der Waals surface area contributed by atoms with Gasteiger partial charge < -0.3 is 0 Å². The lowest BCUT2D eigenvalue weighted by Gasteiger charge is -2.04. The van der Waals surface area contributed by atoms with Crippen molar-refractivity contribution in [3.8, 4) is 0 Å². The van der Waals surface area contributed by atoms with Gasteiger partial charge in [0.2, 0.25) is 0 Å². The number of nitrogens with zero attached hydrogens (tertiary/aromatic N) is 4. The second kappa shape index (κ2) is 3.09. The maximum Gasteiger partial charge on any atom is 0.385 e. The summed E-state index contributed by atoms with van der Waals surface area (Å²) < 4.78 is 11.5. The van der Waals surface area contributed by atoms with Crippen molar-refractivity contribution in [3.63, 3.8) is 0 Å². The van der Waals surface area contributed by atoms with Gasteiger partial charge in [-0.05, 0) is 16.9 Å². The van der Waals surface area contributed by atoms with E-state index in [2.05, 4.69) is 15.9 Å². The SMILES string of the molecule is O=C1[N]N=NN1CCCF. The standard InChI is InChI=1S/C4H6FN4O/c5-2-1-3-9-4(10)6-7-8-9/h1-3H2. The molecule has 0 aliphatic carbocycles. The Kier molecular flexibility index (Phi) is 2.14. The van der Waals surface area contributed by atoms with Gasteiger partial charge in [-0.1, -0.05) is 5.43 Å². The van der Waals surface area contributed by atoms with E-state index in [9.17, 15) is 9.18 Å². The highest BCUT2D eigenvalue weighted by Gasteiger charge is 2.18. The zero-order valence-electron chi connectivity index (χ0n) is 5.20. The smallest absolute Gasteiger partial charge is 0.251 e. The second-order valence-corrected chi connectivity index (χ2v) is 1.73. The number of carbonyl (C=O) groups excluding carboxylic acids is 1. The minimum atomic E-state index is -0.520. The van der Waals surface area contributed by atoms with Crippen molar-refractivity contribution in [3.05, 3.63) is 0 Å². The van der Waals surface area contributed by atoms with Gasteiger partial charge in [0, 0.05) is 0 Å². The van der Waals surface area contributed by atoms with Crippen LogP contribution in [0.4, 0.5) is 9.18 Å². The van der Waals surface area contributed by atoms with Crippen molar-refractivity contribution in [1.29, 1.82) is 0 Å². The highest BCUT2D eigenvalue weighted by molar-refractivity contribution is 5.73. The van der Waals surface area contributed by atoms with Crippen LogP contribution in [0.1, 0.15) is 6.42 Å². The molecule has 0 spiro atoms. The van der Waals surface area contributed by atoms with Gasteiger partial charge in [0.1, 0.15) is 0 Å². The number of hydrogen-bond acceptors (Lipinski definition) is 3. The summed E-state index contributed by atoms with van der Waals surface area (Å²) in [7, 11) is 0. The highest BCUT2D eigenvalue weighted by Crippen LogP contribution is 2.01. The number of alkyl halides is 1. The molecular formula is C4H6FN4O. The van der Waals surface area contributed by atoms with Crippen LogP contribution in [0.2, 0.25) is 0 Å². The average molecular weight is 145 g/mol. The molecule has 0 aromatic carbocycles. The third-order valence-electron chi connectivity index (χ3n) is 1.00. The molecule has 0 bridgehead atoms. The molecule has 0 saturated heterocycles. The summed E-state index contributed by atoms with van der Waals surface area (Å²) in [6.07, 6.45) is 0.278. The molecule has 10 heavy (non-hydrogen) atoms. The lowest BCUT2D eigenvalue weighted by atomic mass is 10.5. The van der Waals surface area contributed by atoms with E-state index in [4.69, 9.17) is 0 Å². The van der Waals surface area contributed by atoms with Crippen LogP contribution in [0.5, 0.6) is 0 Å². The van der Waals surface area contributed by atoms with Gasteiger partial charge >= 0.3 is 6.03 Å². The van der Waals surface area contributed by atoms with Gasteiger partial charge in [-0.3, -0.25) is 4.39 Å². The molecule has 1 aliphatic rings. The average Bonchev–Trinajstić information content (AvgIpc) is 2.31. The molecule has 0 N–H and O–H groups in total. The fraction of sp³-hybridized carbons (Fsp3) is 0.750. The zero-order chi connectivity index (χ0) is 7.40. The molecule has 2 amide bonds. The summed E-state index contributed by atoms with van der Waals surface area (Å²) in [6, 6.07) is -0.520. The minimum Gasteiger partial charge on any atom is -0.251 e. The van der Waals surface area contributed by atoms with Crippen LogP contribution in [-0.2, 0) is 0 Å². The molecule has 0 unspecified atom stereocenters. The summed E-state index contributed by atoms with van der Waals surface area (Å²) in [6.45, 7) is -0.207. The molecule has 0 fully saturated rings. The molecule has 0 aromatic rings. The molecule has 1 radical (unpaired) electrons. The third kappa shape index (κ3) is 1.40. The lowest BCUT2D eigenvalue weighted by molar-refractivity contribution is 0.209. The molecule has 1 aliphatic heterocycles. The van der Waals surface area contributed by atoms with Crippen LogP contribution in [-0.4, -0.2) is 24.3 Å². The van der Waals surface area contributed by atoms with E-state index in [1.54, 1.807) is 0 Å². The Morgan fingerprint density at radius 1 is 1.60 bits per heavy atom.